The van der Waals surface area contributed by atoms with Gasteiger partial charge in [-0.2, -0.15) is 0 Å². The predicted octanol–water partition coefficient (Wildman–Crippen LogP) is 4.78. The molecule has 2 aromatic heterocycles. The van der Waals surface area contributed by atoms with Gasteiger partial charge in [0.1, 0.15) is 11.5 Å². The van der Waals surface area contributed by atoms with Crippen LogP contribution in [-0.4, -0.2) is 25.9 Å². The van der Waals surface area contributed by atoms with Gasteiger partial charge in [0.25, 0.3) is 5.91 Å². The zero-order chi connectivity index (χ0) is 22.1. The fourth-order valence-electron chi connectivity index (χ4n) is 3.42. The molecule has 0 radical (unpaired) electrons. The molecule has 0 saturated heterocycles. The highest BCUT2D eigenvalue weighted by atomic mass is 16.4. The Balaban J connectivity index is 1.56. The monoisotopic (exact) mass is 415 g/mol. The van der Waals surface area contributed by atoms with Gasteiger partial charge in [-0.15, -0.1) is 5.10 Å². The van der Waals surface area contributed by atoms with Gasteiger partial charge in [-0.1, -0.05) is 35.5 Å². The number of anilines is 1. The van der Waals surface area contributed by atoms with Crippen LogP contribution in [0.4, 0.5) is 5.69 Å². The van der Waals surface area contributed by atoms with Gasteiger partial charge >= 0.3 is 0 Å². The highest BCUT2D eigenvalue weighted by Crippen LogP contribution is 2.25. The van der Waals surface area contributed by atoms with Gasteiger partial charge in [-0.3, -0.25) is 4.79 Å². The fourth-order valence-corrected chi connectivity index (χ4v) is 3.42. The molecule has 2 aromatic carbocycles. The van der Waals surface area contributed by atoms with Gasteiger partial charge in [0, 0.05) is 11.3 Å². The van der Waals surface area contributed by atoms with E-state index in [0.717, 1.165) is 39.4 Å². The highest BCUT2D eigenvalue weighted by Gasteiger charge is 2.20. The molecule has 0 aliphatic heterocycles. The lowest BCUT2D eigenvalue weighted by Crippen LogP contribution is -2.15. The average Bonchev–Trinajstić information content (AvgIpc) is 3.28. The first-order valence-corrected chi connectivity index (χ1v) is 10.1. The van der Waals surface area contributed by atoms with Gasteiger partial charge in [-0.05, 0) is 63.4 Å². The lowest BCUT2D eigenvalue weighted by molar-refractivity contribution is 0.102. The van der Waals surface area contributed by atoms with E-state index in [1.54, 1.807) is 4.68 Å². The lowest BCUT2D eigenvalue weighted by Gasteiger charge is -2.08. The normalized spacial score (nSPS) is 11.0. The number of nitrogens with zero attached hydrogens (tertiary/aromatic N) is 4. The molecule has 158 valence electrons. The summed E-state index contributed by atoms with van der Waals surface area (Å²) in [6.07, 6.45) is 0. The number of nitrogens with one attached hydrogen (secondary N) is 1. The van der Waals surface area contributed by atoms with E-state index in [1.165, 1.54) is 0 Å². The van der Waals surface area contributed by atoms with E-state index in [9.17, 15) is 4.79 Å². The first-order valence-electron chi connectivity index (χ1n) is 10.1. The Bertz CT molecular complexity index is 1270. The van der Waals surface area contributed by atoms with Gasteiger partial charge in [-0.25, -0.2) is 9.67 Å². The first-order chi connectivity index (χ1) is 14.8. The van der Waals surface area contributed by atoms with Crippen molar-refractivity contribution in [3.63, 3.8) is 0 Å². The Morgan fingerprint density at radius 3 is 2.58 bits per heavy atom. The molecule has 0 saturated carbocycles. The molecule has 31 heavy (non-hydrogen) atoms. The fraction of sp³-hybridized carbons (Fsp3) is 0.250. The van der Waals surface area contributed by atoms with Crippen LogP contribution in [0.5, 0.6) is 0 Å². The molecule has 1 amide bonds. The topological polar surface area (TPSA) is 85.8 Å². The molecular weight excluding hydrogens is 390 g/mol. The molecule has 4 rings (SSSR count). The molecule has 7 heteroatoms. The molecule has 0 unspecified atom stereocenters. The molecule has 0 atom stereocenters. The first kappa shape index (κ1) is 20.5. The maximum atomic E-state index is 12.8. The third-order valence-corrected chi connectivity index (χ3v) is 5.41. The standard InChI is InChI=1S/C24H25N5O2/c1-14-10-11-16(3)20(12-14)25-23(30)22-17(4)29(28-27-22)13-21-18(5)31-24(26-21)19-9-7-6-8-15(19)2/h6-12H,13H2,1-5H3,(H,25,30). The Morgan fingerprint density at radius 2 is 1.81 bits per heavy atom. The summed E-state index contributed by atoms with van der Waals surface area (Å²) in [6, 6.07) is 13.9. The Kier molecular flexibility index (Phi) is 5.42. The van der Waals surface area contributed by atoms with Crippen molar-refractivity contribution in [1.82, 2.24) is 20.0 Å². The Morgan fingerprint density at radius 1 is 1.03 bits per heavy atom. The summed E-state index contributed by atoms with van der Waals surface area (Å²) in [4.78, 5) is 17.5. The summed E-state index contributed by atoms with van der Waals surface area (Å²) in [5.74, 6) is 1.01. The van der Waals surface area contributed by atoms with E-state index in [0.29, 0.717) is 23.8 Å². The summed E-state index contributed by atoms with van der Waals surface area (Å²) >= 11 is 0. The third kappa shape index (κ3) is 4.12. The number of benzene rings is 2. The molecule has 0 bridgehead atoms. The van der Waals surface area contributed by atoms with E-state index >= 15 is 0 Å². The van der Waals surface area contributed by atoms with Crippen LogP contribution in [0.25, 0.3) is 11.5 Å². The number of carbonyl (C=O) groups is 1. The predicted molar refractivity (Wildman–Crippen MR) is 119 cm³/mol. The Labute approximate surface area is 181 Å². The Hall–Kier alpha value is -3.74. The number of rotatable bonds is 5. The van der Waals surface area contributed by atoms with Crippen LogP contribution < -0.4 is 5.32 Å². The molecule has 0 aliphatic rings. The average molecular weight is 415 g/mol. The summed E-state index contributed by atoms with van der Waals surface area (Å²) in [5, 5.41) is 11.2. The number of carbonyl (C=O) groups excluding carboxylic acids is 1. The number of hydrogen-bond acceptors (Lipinski definition) is 5. The quantitative estimate of drug-likeness (QED) is 0.507. The van der Waals surface area contributed by atoms with Crippen LogP contribution in [0.2, 0.25) is 0 Å². The molecule has 7 nitrogen and oxygen atoms in total. The van der Waals surface area contributed by atoms with Crippen LogP contribution in [0.15, 0.2) is 46.9 Å². The summed E-state index contributed by atoms with van der Waals surface area (Å²) in [6.45, 7) is 10.0. The maximum Gasteiger partial charge on any atom is 0.278 e. The van der Waals surface area contributed by atoms with Crippen LogP contribution in [0.3, 0.4) is 0 Å². The number of aryl methyl sites for hydroxylation is 4. The number of aromatic nitrogens is 4. The SMILES string of the molecule is Cc1ccc(C)c(NC(=O)c2nnn(Cc3nc(-c4ccccc4C)oc3C)c2C)c1. The van der Waals surface area contributed by atoms with Crippen molar-refractivity contribution >= 4 is 11.6 Å². The van der Waals surface area contributed by atoms with E-state index in [1.807, 2.05) is 77.1 Å². The van der Waals surface area contributed by atoms with Crippen molar-refractivity contribution < 1.29 is 9.21 Å². The molecule has 4 aromatic rings. The summed E-state index contributed by atoms with van der Waals surface area (Å²) < 4.78 is 7.57. The summed E-state index contributed by atoms with van der Waals surface area (Å²) in [7, 11) is 0. The summed E-state index contributed by atoms with van der Waals surface area (Å²) in [5.41, 5.74) is 6.61. The van der Waals surface area contributed by atoms with Crippen LogP contribution in [0, 0.1) is 34.6 Å². The smallest absolute Gasteiger partial charge is 0.278 e. The highest BCUT2D eigenvalue weighted by molar-refractivity contribution is 6.03. The number of amides is 1. The molecule has 0 spiro atoms. The third-order valence-electron chi connectivity index (χ3n) is 5.41. The van der Waals surface area contributed by atoms with E-state index in [4.69, 9.17) is 4.42 Å². The van der Waals surface area contributed by atoms with Gasteiger partial charge in [0.2, 0.25) is 5.89 Å². The second kappa shape index (κ2) is 8.18. The zero-order valence-electron chi connectivity index (χ0n) is 18.4. The molecule has 1 N–H and O–H groups in total. The minimum absolute atomic E-state index is 0.282. The number of hydrogen-bond donors (Lipinski definition) is 1. The molecule has 2 heterocycles. The van der Waals surface area contributed by atoms with Gasteiger partial charge in [0.15, 0.2) is 5.69 Å². The molecular formula is C24H25N5O2. The van der Waals surface area contributed by atoms with Crippen molar-refractivity contribution in [1.29, 1.82) is 0 Å². The van der Waals surface area contributed by atoms with E-state index < -0.39 is 0 Å². The van der Waals surface area contributed by atoms with Gasteiger partial charge < -0.3 is 9.73 Å². The van der Waals surface area contributed by atoms with Crippen molar-refractivity contribution in [3.05, 3.63) is 82.0 Å². The second-order valence-corrected chi connectivity index (χ2v) is 7.79. The molecule has 0 fully saturated rings. The van der Waals surface area contributed by atoms with Crippen molar-refractivity contribution in [2.75, 3.05) is 5.32 Å². The lowest BCUT2D eigenvalue weighted by atomic mass is 10.1. The molecule has 0 aliphatic carbocycles. The minimum atomic E-state index is -0.282. The van der Waals surface area contributed by atoms with Crippen molar-refractivity contribution in [2.24, 2.45) is 0 Å². The van der Waals surface area contributed by atoms with E-state index in [2.05, 4.69) is 20.6 Å². The number of oxazole rings is 1. The van der Waals surface area contributed by atoms with Crippen LogP contribution >= 0.6 is 0 Å². The van der Waals surface area contributed by atoms with Crippen LogP contribution in [0.1, 0.15) is 44.3 Å². The van der Waals surface area contributed by atoms with Crippen molar-refractivity contribution in [3.8, 4) is 11.5 Å². The van der Waals surface area contributed by atoms with Gasteiger partial charge in [0.05, 0.1) is 12.2 Å². The van der Waals surface area contributed by atoms with E-state index in [-0.39, 0.29) is 5.91 Å². The second-order valence-electron chi connectivity index (χ2n) is 7.79. The maximum absolute atomic E-state index is 12.8. The largest absolute Gasteiger partial charge is 0.441 e. The zero-order valence-corrected chi connectivity index (χ0v) is 18.4. The minimum Gasteiger partial charge on any atom is -0.441 e. The van der Waals surface area contributed by atoms with Crippen LogP contribution in [-0.2, 0) is 6.54 Å². The van der Waals surface area contributed by atoms with Crippen molar-refractivity contribution in [2.45, 2.75) is 41.2 Å².